The number of aliphatic hydroxyl groups is 1. The van der Waals surface area contributed by atoms with Crippen molar-refractivity contribution in [3.05, 3.63) is 29.3 Å². The standard InChI is InChI=1S/C17H26N2O2/c1-3-8-18-16-5-4-15(11-13(16)2)17(21)19-9-6-14(12-19)7-10-20/h4-5,11,14,18,20H,3,6-10,12H2,1-2H3. The van der Waals surface area contributed by atoms with Crippen LogP contribution in [0.2, 0.25) is 0 Å². The number of aliphatic hydroxyl groups excluding tert-OH is 1. The van der Waals surface area contributed by atoms with Gasteiger partial charge in [-0.2, -0.15) is 0 Å². The summed E-state index contributed by atoms with van der Waals surface area (Å²) in [6, 6.07) is 5.88. The summed E-state index contributed by atoms with van der Waals surface area (Å²) >= 11 is 0. The number of nitrogens with zero attached hydrogens (tertiary/aromatic N) is 1. The van der Waals surface area contributed by atoms with Crippen molar-refractivity contribution in [2.75, 3.05) is 31.6 Å². The number of nitrogens with one attached hydrogen (secondary N) is 1. The molecule has 116 valence electrons. The van der Waals surface area contributed by atoms with Crippen molar-refractivity contribution in [1.82, 2.24) is 4.90 Å². The Labute approximate surface area is 127 Å². The second-order valence-electron chi connectivity index (χ2n) is 5.87. The number of hydrogen-bond acceptors (Lipinski definition) is 3. The first-order valence-corrected chi connectivity index (χ1v) is 7.90. The molecule has 1 fully saturated rings. The van der Waals surface area contributed by atoms with Crippen LogP contribution in [0.3, 0.4) is 0 Å². The summed E-state index contributed by atoms with van der Waals surface area (Å²) in [5.41, 5.74) is 2.98. The van der Waals surface area contributed by atoms with Crippen LogP contribution < -0.4 is 5.32 Å². The highest BCUT2D eigenvalue weighted by atomic mass is 16.3. The monoisotopic (exact) mass is 290 g/mol. The summed E-state index contributed by atoms with van der Waals surface area (Å²) < 4.78 is 0. The second-order valence-corrected chi connectivity index (χ2v) is 5.87. The molecule has 1 aliphatic rings. The van der Waals surface area contributed by atoms with E-state index >= 15 is 0 Å². The molecule has 21 heavy (non-hydrogen) atoms. The van der Waals surface area contributed by atoms with E-state index < -0.39 is 0 Å². The first-order chi connectivity index (χ1) is 10.2. The number of carbonyl (C=O) groups excluding carboxylic acids is 1. The lowest BCUT2D eigenvalue weighted by molar-refractivity contribution is 0.0784. The van der Waals surface area contributed by atoms with Gasteiger partial charge in [0, 0.05) is 37.5 Å². The molecule has 0 saturated carbocycles. The maximum Gasteiger partial charge on any atom is 0.253 e. The second kappa shape index (κ2) is 7.46. The number of hydrogen-bond donors (Lipinski definition) is 2. The third kappa shape index (κ3) is 3.97. The van der Waals surface area contributed by atoms with Crippen LogP contribution >= 0.6 is 0 Å². The minimum atomic E-state index is 0.112. The molecule has 1 heterocycles. The van der Waals surface area contributed by atoms with Crippen LogP contribution in [0, 0.1) is 12.8 Å². The molecule has 0 bridgehead atoms. The van der Waals surface area contributed by atoms with E-state index in [0.717, 1.165) is 55.7 Å². The fourth-order valence-corrected chi connectivity index (χ4v) is 2.87. The van der Waals surface area contributed by atoms with Gasteiger partial charge in [-0.1, -0.05) is 6.92 Å². The zero-order chi connectivity index (χ0) is 15.2. The van der Waals surface area contributed by atoms with E-state index in [4.69, 9.17) is 5.11 Å². The number of anilines is 1. The summed E-state index contributed by atoms with van der Waals surface area (Å²) in [4.78, 5) is 14.4. The number of benzene rings is 1. The Morgan fingerprint density at radius 3 is 2.95 bits per heavy atom. The molecule has 2 rings (SSSR count). The van der Waals surface area contributed by atoms with Gasteiger partial charge in [-0.05, 0) is 55.9 Å². The fourth-order valence-electron chi connectivity index (χ4n) is 2.87. The van der Waals surface area contributed by atoms with E-state index in [1.54, 1.807) is 0 Å². The van der Waals surface area contributed by atoms with Crippen molar-refractivity contribution in [3.8, 4) is 0 Å². The van der Waals surface area contributed by atoms with Gasteiger partial charge in [0.2, 0.25) is 0 Å². The van der Waals surface area contributed by atoms with E-state index in [-0.39, 0.29) is 12.5 Å². The smallest absolute Gasteiger partial charge is 0.253 e. The Kier molecular flexibility index (Phi) is 5.62. The Morgan fingerprint density at radius 1 is 1.48 bits per heavy atom. The van der Waals surface area contributed by atoms with Crippen molar-refractivity contribution in [1.29, 1.82) is 0 Å². The molecule has 0 radical (unpaired) electrons. The van der Waals surface area contributed by atoms with Gasteiger partial charge in [-0.3, -0.25) is 4.79 Å². The van der Waals surface area contributed by atoms with Gasteiger partial charge < -0.3 is 15.3 Å². The van der Waals surface area contributed by atoms with Gasteiger partial charge >= 0.3 is 0 Å². The number of likely N-dealkylation sites (tertiary alicyclic amines) is 1. The maximum atomic E-state index is 12.5. The van der Waals surface area contributed by atoms with Crippen LogP contribution in [0.4, 0.5) is 5.69 Å². The quantitative estimate of drug-likeness (QED) is 0.847. The summed E-state index contributed by atoms with van der Waals surface area (Å²) in [5, 5.41) is 12.4. The Morgan fingerprint density at radius 2 is 2.29 bits per heavy atom. The maximum absolute atomic E-state index is 12.5. The number of rotatable bonds is 6. The van der Waals surface area contributed by atoms with Crippen LogP contribution in [0.5, 0.6) is 0 Å². The van der Waals surface area contributed by atoms with Crippen LogP contribution in [-0.4, -0.2) is 42.2 Å². The number of carbonyl (C=O) groups is 1. The molecule has 1 aromatic carbocycles. The van der Waals surface area contributed by atoms with Gasteiger partial charge in [0.1, 0.15) is 0 Å². The SMILES string of the molecule is CCCNc1ccc(C(=O)N2CCC(CCO)C2)cc1C. The highest BCUT2D eigenvalue weighted by Gasteiger charge is 2.26. The Bertz CT molecular complexity index is 488. The number of amides is 1. The van der Waals surface area contributed by atoms with Crippen LogP contribution in [0.15, 0.2) is 18.2 Å². The average Bonchev–Trinajstić information content (AvgIpc) is 2.94. The third-order valence-electron chi connectivity index (χ3n) is 4.15. The van der Waals surface area contributed by atoms with Crippen molar-refractivity contribution >= 4 is 11.6 Å². The lowest BCUT2D eigenvalue weighted by Crippen LogP contribution is -2.28. The van der Waals surface area contributed by atoms with Crippen LogP contribution in [0.1, 0.15) is 42.1 Å². The van der Waals surface area contributed by atoms with Crippen LogP contribution in [0.25, 0.3) is 0 Å². The first-order valence-electron chi connectivity index (χ1n) is 7.90. The predicted molar refractivity (Wildman–Crippen MR) is 85.7 cm³/mol. The van der Waals surface area contributed by atoms with Crippen molar-refractivity contribution in [2.24, 2.45) is 5.92 Å². The Balaban J connectivity index is 2.01. The fraction of sp³-hybridized carbons (Fsp3) is 0.588. The highest BCUT2D eigenvalue weighted by Crippen LogP contribution is 2.23. The van der Waals surface area contributed by atoms with E-state index in [2.05, 4.69) is 12.2 Å². The van der Waals surface area contributed by atoms with Crippen molar-refractivity contribution in [3.63, 3.8) is 0 Å². The zero-order valence-electron chi connectivity index (χ0n) is 13.1. The van der Waals surface area contributed by atoms with Crippen LogP contribution in [-0.2, 0) is 0 Å². The van der Waals surface area contributed by atoms with E-state index in [1.165, 1.54) is 0 Å². The van der Waals surface area contributed by atoms with E-state index in [0.29, 0.717) is 5.92 Å². The highest BCUT2D eigenvalue weighted by molar-refractivity contribution is 5.95. The molecule has 2 N–H and O–H groups in total. The molecule has 1 unspecified atom stereocenters. The normalized spacial score (nSPS) is 18.0. The van der Waals surface area contributed by atoms with Gasteiger partial charge in [0.15, 0.2) is 0 Å². The predicted octanol–water partition coefficient (Wildman–Crippen LogP) is 2.66. The molecule has 1 amide bonds. The summed E-state index contributed by atoms with van der Waals surface area (Å²) in [6.45, 7) is 6.91. The average molecular weight is 290 g/mol. The third-order valence-corrected chi connectivity index (χ3v) is 4.15. The molecule has 1 aromatic rings. The molecule has 1 atom stereocenters. The molecule has 4 nitrogen and oxygen atoms in total. The van der Waals surface area contributed by atoms with Crippen molar-refractivity contribution < 1.29 is 9.90 Å². The molecular weight excluding hydrogens is 264 g/mol. The van der Waals surface area contributed by atoms with Gasteiger partial charge in [0.25, 0.3) is 5.91 Å². The molecular formula is C17H26N2O2. The molecule has 1 saturated heterocycles. The minimum absolute atomic E-state index is 0.112. The summed E-state index contributed by atoms with van der Waals surface area (Å²) in [6.07, 6.45) is 2.88. The molecule has 1 aliphatic heterocycles. The molecule has 0 aromatic heterocycles. The molecule has 0 aliphatic carbocycles. The Hall–Kier alpha value is -1.55. The van der Waals surface area contributed by atoms with Gasteiger partial charge in [-0.15, -0.1) is 0 Å². The largest absolute Gasteiger partial charge is 0.396 e. The van der Waals surface area contributed by atoms with Gasteiger partial charge in [0.05, 0.1) is 0 Å². The minimum Gasteiger partial charge on any atom is -0.396 e. The molecule has 4 heteroatoms. The van der Waals surface area contributed by atoms with Crippen molar-refractivity contribution in [2.45, 2.75) is 33.1 Å². The summed E-state index contributed by atoms with van der Waals surface area (Å²) in [5.74, 6) is 0.561. The topological polar surface area (TPSA) is 52.6 Å². The number of aryl methyl sites for hydroxylation is 1. The van der Waals surface area contributed by atoms with E-state index in [9.17, 15) is 4.79 Å². The lowest BCUT2D eigenvalue weighted by Gasteiger charge is -2.17. The lowest BCUT2D eigenvalue weighted by atomic mass is 10.1. The van der Waals surface area contributed by atoms with Gasteiger partial charge in [-0.25, -0.2) is 0 Å². The zero-order valence-corrected chi connectivity index (χ0v) is 13.1. The molecule has 0 spiro atoms. The van der Waals surface area contributed by atoms with E-state index in [1.807, 2.05) is 30.0 Å². The first kappa shape index (κ1) is 15.8. The summed E-state index contributed by atoms with van der Waals surface area (Å²) in [7, 11) is 0.